The van der Waals surface area contributed by atoms with Gasteiger partial charge in [0.25, 0.3) is 0 Å². The number of hydrogen-bond acceptors (Lipinski definition) is 4. The number of rotatable bonds is 22. The fraction of sp³-hybridized carbons (Fsp3) is 1.00. The number of aliphatic hydroxyl groups is 1. The van der Waals surface area contributed by atoms with Crippen LogP contribution in [0.3, 0.4) is 0 Å². The zero-order valence-electron chi connectivity index (χ0n) is 20.4. The number of aliphatic hydroxyl groups excluding tert-OH is 1. The molecule has 0 saturated carbocycles. The summed E-state index contributed by atoms with van der Waals surface area (Å²) in [6, 6.07) is 0. The molecule has 0 fully saturated rings. The Balaban J connectivity index is 0. The fourth-order valence-electron chi connectivity index (χ4n) is 4.05. The summed E-state index contributed by atoms with van der Waals surface area (Å²) in [6.45, 7) is 4.21. The molecule has 0 bridgehead atoms. The van der Waals surface area contributed by atoms with Gasteiger partial charge in [-0.1, -0.05) is 117 Å². The molecule has 0 aliphatic rings. The second-order valence-corrected chi connectivity index (χ2v) is 10.5. The third-order valence-corrected chi connectivity index (χ3v) is 7.26. The molecule has 176 valence electrons. The molecule has 1 N–H and O–H groups in total. The maximum atomic E-state index is 11.4. The van der Waals surface area contributed by atoms with Crippen molar-refractivity contribution in [2.45, 2.75) is 154 Å². The molecule has 0 aromatic rings. The van der Waals surface area contributed by atoms with Crippen molar-refractivity contribution in [3.05, 3.63) is 0 Å². The molecule has 0 saturated heterocycles. The van der Waals surface area contributed by atoms with E-state index in [4.69, 9.17) is 0 Å². The molecule has 0 aromatic heterocycles. The molecule has 0 aromatic carbocycles. The van der Waals surface area contributed by atoms with Crippen LogP contribution in [-0.2, 0) is 10.1 Å². The summed E-state index contributed by atoms with van der Waals surface area (Å²) in [5, 5.41) is 9.03. The van der Waals surface area contributed by atoms with E-state index in [9.17, 15) is 18.1 Å². The quantitative estimate of drug-likeness (QED) is 0.151. The van der Waals surface area contributed by atoms with Crippen molar-refractivity contribution >= 4 is 10.1 Å². The van der Waals surface area contributed by atoms with Gasteiger partial charge in [0.1, 0.15) is 0 Å². The summed E-state index contributed by atoms with van der Waals surface area (Å²) >= 11 is 0. The molecule has 2 unspecified atom stereocenters. The maximum Gasteiger partial charge on any atom is 1.00 e. The molecule has 0 aliphatic carbocycles. The zero-order chi connectivity index (χ0) is 21.8. The minimum atomic E-state index is -4.13. The Morgan fingerprint density at radius 1 is 0.600 bits per heavy atom. The van der Waals surface area contributed by atoms with Crippen LogP contribution in [0.1, 0.15) is 142 Å². The molecule has 0 spiro atoms. The van der Waals surface area contributed by atoms with Crippen molar-refractivity contribution in [2.24, 2.45) is 0 Å². The Kier molecular flexibility index (Phi) is 25.4. The first-order valence-electron chi connectivity index (χ1n) is 12.5. The summed E-state index contributed by atoms with van der Waals surface area (Å²) < 4.78 is 34.1. The average Bonchev–Trinajstić information content (AvgIpc) is 2.66. The third-order valence-electron chi connectivity index (χ3n) is 5.97. The van der Waals surface area contributed by atoms with Gasteiger partial charge in [0.2, 0.25) is 0 Å². The molecular formula is C24H49NaO4S. The number of hydrogen-bond donors (Lipinski definition) is 1. The first-order chi connectivity index (χ1) is 13.9. The van der Waals surface area contributed by atoms with Gasteiger partial charge in [-0.25, -0.2) is 8.42 Å². The van der Waals surface area contributed by atoms with Crippen LogP contribution in [-0.4, -0.2) is 29.4 Å². The van der Waals surface area contributed by atoms with Crippen molar-refractivity contribution in [1.82, 2.24) is 0 Å². The second kappa shape index (κ2) is 23.0. The van der Waals surface area contributed by atoms with E-state index in [1.165, 1.54) is 51.4 Å². The molecule has 30 heavy (non-hydrogen) atoms. The van der Waals surface area contributed by atoms with E-state index >= 15 is 0 Å². The Bertz CT molecular complexity index is 442. The Morgan fingerprint density at radius 3 is 1.33 bits per heavy atom. The van der Waals surface area contributed by atoms with Crippen LogP contribution in [0, 0.1) is 0 Å². The molecule has 6 heteroatoms. The summed E-state index contributed by atoms with van der Waals surface area (Å²) in [6.07, 6.45) is 21.4. The molecule has 0 radical (unpaired) electrons. The van der Waals surface area contributed by atoms with Crippen molar-refractivity contribution in [3.8, 4) is 0 Å². The van der Waals surface area contributed by atoms with Crippen LogP contribution in [0.5, 0.6) is 0 Å². The molecule has 0 aliphatic heterocycles. The predicted molar refractivity (Wildman–Crippen MR) is 123 cm³/mol. The largest absolute Gasteiger partial charge is 1.00 e. The Morgan fingerprint density at radius 2 is 0.967 bits per heavy atom. The fourth-order valence-corrected chi connectivity index (χ4v) is 4.96. The van der Waals surface area contributed by atoms with E-state index in [1.54, 1.807) is 0 Å². The normalized spacial score (nSPS) is 13.7. The van der Waals surface area contributed by atoms with Gasteiger partial charge in [-0.15, -0.1) is 0 Å². The minimum Gasteiger partial charge on any atom is -0.748 e. The topological polar surface area (TPSA) is 77.4 Å². The van der Waals surface area contributed by atoms with Crippen molar-refractivity contribution in [2.75, 3.05) is 0 Å². The Labute approximate surface area is 210 Å². The van der Waals surface area contributed by atoms with E-state index in [1.807, 2.05) is 0 Å². The van der Waals surface area contributed by atoms with Gasteiger partial charge in [0.15, 0.2) is 0 Å². The SMILES string of the molecule is CCCCCC(CCCCCCCCCCCCCCC(O)CCC)S(=O)(=O)[O-].[Na+]. The van der Waals surface area contributed by atoms with Crippen LogP contribution in [0.2, 0.25) is 0 Å². The van der Waals surface area contributed by atoms with E-state index in [-0.39, 0.29) is 35.7 Å². The van der Waals surface area contributed by atoms with Gasteiger partial charge in [0.05, 0.1) is 16.2 Å². The average molecular weight is 457 g/mol. The molecule has 4 nitrogen and oxygen atoms in total. The van der Waals surface area contributed by atoms with Crippen LogP contribution < -0.4 is 29.6 Å². The van der Waals surface area contributed by atoms with Crippen LogP contribution in [0.25, 0.3) is 0 Å². The minimum absolute atomic E-state index is 0. The monoisotopic (exact) mass is 456 g/mol. The van der Waals surface area contributed by atoms with Gasteiger partial charge in [-0.05, 0) is 25.7 Å². The van der Waals surface area contributed by atoms with E-state index < -0.39 is 15.4 Å². The van der Waals surface area contributed by atoms with Crippen molar-refractivity contribution in [1.29, 1.82) is 0 Å². The van der Waals surface area contributed by atoms with Gasteiger partial charge >= 0.3 is 29.6 Å². The maximum absolute atomic E-state index is 11.4. The van der Waals surface area contributed by atoms with Crippen LogP contribution >= 0.6 is 0 Å². The van der Waals surface area contributed by atoms with Gasteiger partial charge < -0.3 is 9.66 Å². The summed E-state index contributed by atoms with van der Waals surface area (Å²) in [5.41, 5.74) is 0. The Hall–Kier alpha value is 0.870. The summed E-state index contributed by atoms with van der Waals surface area (Å²) in [4.78, 5) is 0. The smallest absolute Gasteiger partial charge is 0.748 e. The summed E-state index contributed by atoms with van der Waals surface area (Å²) in [7, 11) is -4.13. The van der Waals surface area contributed by atoms with E-state index in [0.29, 0.717) is 12.8 Å². The molecular weight excluding hydrogens is 407 g/mol. The summed E-state index contributed by atoms with van der Waals surface area (Å²) in [5.74, 6) is 0. The van der Waals surface area contributed by atoms with E-state index in [0.717, 1.165) is 64.2 Å². The first-order valence-corrected chi connectivity index (χ1v) is 14.0. The predicted octanol–water partition coefficient (Wildman–Crippen LogP) is 4.11. The number of unbranched alkanes of at least 4 members (excludes halogenated alkanes) is 13. The molecule has 0 heterocycles. The zero-order valence-corrected chi connectivity index (χ0v) is 23.2. The van der Waals surface area contributed by atoms with Crippen LogP contribution in [0.4, 0.5) is 0 Å². The molecule has 0 amide bonds. The van der Waals surface area contributed by atoms with Gasteiger partial charge in [0, 0.05) is 5.25 Å². The van der Waals surface area contributed by atoms with Gasteiger partial charge in [-0.3, -0.25) is 0 Å². The van der Waals surface area contributed by atoms with Crippen LogP contribution in [0.15, 0.2) is 0 Å². The first kappa shape index (κ1) is 33.0. The van der Waals surface area contributed by atoms with Crippen molar-refractivity contribution in [3.63, 3.8) is 0 Å². The standard InChI is InChI=1S/C24H50O4S.Na/c1-3-5-16-21-24(29(26,27)28)22-18-15-13-11-9-7-6-8-10-12-14-17-20-23(25)19-4-2;/h23-25H,3-22H2,1-2H3,(H,26,27,28);/q;+1/p-1. The van der Waals surface area contributed by atoms with Crippen molar-refractivity contribution < 1.29 is 47.6 Å². The third kappa shape index (κ3) is 22.1. The van der Waals surface area contributed by atoms with E-state index in [2.05, 4.69) is 13.8 Å². The molecule has 2 atom stereocenters. The van der Waals surface area contributed by atoms with Gasteiger partial charge in [-0.2, -0.15) is 0 Å². The molecule has 0 rings (SSSR count). The second-order valence-electron chi connectivity index (χ2n) is 8.87.